The molecule has 0 saturated carbocycles. The molecular weight excluding hydrogens is 278 g/mol. The van der Waals surface area contributed by atoms with Gasteiger partial charge in [-0.3, -0.25) is 0 Å². The van der Waals surface area contributed by atoms with Crippen molar-refractivity contribution in [3.05, 3.63) is 18.0 Å². The van der Waals surface area contributed by atoms with Crippen molar-refractivity contribution in [2.24, 2.45) is 0 Å². The van der Waals surface area contributed by atoms with Gasteiger partial charge < -0.3 is 9.67 Å². The zero-order chi connectivity index (χ0) is 14.8. The lowest BCUT2D eigenvalue weighted by molar-refractivity contribution is 0.126. The minimum atomic E-state index is -3.96. The molecule has 0 fully saturated rings. The van der Waals surface area contributed by atoms with Crippen molar-refractivity contribution in [2.45, 2.75) is 37.8 Å². The predicted octanol–water partition coefficient (Wildman–Crippen LogP) is 1.45. The number of alkyl halides is 2. The number of aromatic nitrogens is 1. The van der Waals surface area contributed by atoms with Gasteiger partial charge in [0, 0.05) is 25.0 Å². The first-order valence-corrected chi connectivity index (χ1v) is 7.20. The number of rotatable bonds is 6. The summed E-state index contributed by atoms with van der Waals surface area (Å²) in [6.07, 6.45) is -1.38. The highest BCUT2D eigenvalue weighted by Gasteiger charge is 2.26. The molecule has 0 aliphatic rings. The highest BCUT2D eigenvalue weighted by atomic mass is 32.2. The van der Waals surface area contributed by atoms with Gasteiger partial charge in [0.25, 0.3) is 6.43 Å². The molecule has 0 atom stereocenters. The van der Waals surface area contributed by atoms with E-state index in [9.17, 15) is 22.3 Å². The zero-order valence-corrected chi connectivity index (χ0v) is 11.9. The van der Waals surface area contributed by atoms with Crippen LogP contribution in [0.25, 0.3) is 0 Å². The van der Waals surface area contributed by atoms with Crippen LogP contribution >= 0.6 is 0 Å². The van der Waals surface area contributed by atoms with Gasteiger partial charge in [-0.2, -0.15) is 4.31 Å². The molecule has 1 aromatic heterocycles. The third kappa shape index (κ3) is 3.52. The Bertz CT molecular complexity index is 526. The van der Waals surface area contributed by atoms with Gasteiger partial charge in [-0.05, 0) is 19.9 Å². The minimum absolute atomic E-state index is 0.0356. The number of halogens is 2. The normalized spacial score (nSPS) is 12.9. The average molecular weight is 296 g/mol. The summed E-state index contributed by atoms with van der Waals surface area (Å²) < 4.78 is 50.9. The van der Waals surface area contributed by atoms with Gasteiger partial charge in [-0.15, -0.1) is 0 Å². The Hall–Kier alpha value is -0.990. The molecule has 0 radical (unpaired) electrons. The molecule has 8 heteroatoms. The Kier molecular flexibility index (Phi) is 5.05. The number of aliphatic hydroxyl groups is 1. The molecule has 0 aliphatic heterocycles. The molecule has 0 aliphatic carbocycles. The molecule has 0 unspecified atom stereocenters. The summed E-state index contributed by atoms with van der Waals surface area (Å²) in [7, 11) is -2.85. The Labute approximate surface area is 111 Å². The van der Waals surface area contributed by atoms with E-state index in [1.54, 1.807) is 4.57 Å². The van der Waals surface area contributed by atoms with E-state index in [0.29, 0.717) is 10.00 Å². The van der Waals surface area contributed by atoms with Gasteiger partial charge in [0.05, 0.1) is 13.2 Å². The van der Waals surface area contributed by atoms with E-state index in [0.717, 1.165) is 7.05 Å². The van der Waals surface area contributed by atoms with Crippen LogP contribution in [0.2, 0.25) is 0 Å². The van der Waals surface area contributed by atoms with Gasteiger partial charge in [-0.1, -0.05) is 0 Å². The lowest BCUT2D eigenvalue weighted by Gasteiger charge is -2.15. The number of nitrogens with zero attached hydrogens (tertiary/aromatic N) is 2. The average Bonchev–Trinajstić information content (AvgIpc) is 2.72. The lowest BCUT2D eigenvalue weighted by atomic mass is 10.3. The fourth-order valence-corrected chi connectivity index (χ4v) is 2.92. The van der Waals surface area contributed by atoms with Crippen molar-refractivity contribution in [2.75, 3.05) is 13.6 Å². The highest BCUT2D eigenvalue weighted by molar-refractivity contribution is 7.89. The van der Waals surface area contributed by atoms with Crippen LogP contribution in [-0.4, -0.2) is 42.4 Å². The molecule has 0 saturated heterocycles. The van der Waals surface area contributed by atoms with Crippen LogP contribution < -0.4 is 0 Å². The van der Waals surface area contributed by atoms with E-state index in [4.69, 9.17) is 0 Å². The zero-order valence-electron chi connectivity index (χ0n) is 11.0. The van der Waals surface area contributed by atoms with E-state index in [2.05, 4.69) is 0 Å². The Morgan fingerprint density at radius 2 is 2.00 bits per heavy atom. The van der Waals surface area contributed by atoms with Gasteiger partial charge in [0.1, 0.15) is 4.90 Å². The molecule has 0 amide bonds. The van der Waals surface area contributed by atoms with Crippen LogP contribution in [-0.2, 0) is 16.6 Å². The van der Waals surface area contributed by atoms with Crippen molar-refractivity contribution >= 4 is 10.0 Å². The molecule has 0 spiro atoms. The van der Waals surface area contributed by atoms with Crippen molar-refractivity contribution < 1.29 is 22.3 Å². The van der Waals surface area contributed by atoms with Crippen molar-refractivity contribution in [1.82, 2.24) is 8.87 Å². The largest absolute Gasteiger partial charge is 0.390 e. The molecule has 1 aromatic rings. The highest BCUT2D eigenvalue weighted by Crippen LogP contribution is 2.21. The molecule has 110 valence electrons. The third-order valence-corrected chi connectivity index (χ3v) is 4.52. The topological polar surface area (TPSA) is 62.5 Å². The first-order valence-electron chi connectivity index (χ1n) is 5.76. The van der Waals surface area contributed by atoms with Gasteiger partial charge in [0.2, 0.25) is 10.0 Å². The van der Waals surface area contributed by atoms with Crippen LogP contribution in [0, 0.1) is 0 Å². The number of aliphatic hydroxyl groups excluding tert-OH is 1. The van der Waals surface area contributed by atoms with Crippen molar-refractivity contribution in [3.63, 3.8) is 0 Å². The second-order valence-electron chi connectivity index (χ2n) is 4.50. The molecule has 5 nitrogen and oxygen atoms in total. The van der Waals surface area contributed by atoms with Gasteiger partial charge in [-0.25, -0.2) is 17.2 Å². The fourth-order valence-electron chi connectivity index (χ4n) is 1.72. The van der Waals surface area contributed by atoms with E-state index >= 15 is 0 Å². The standard InChI is InChI=1S/C11H18F2N2O3S/c1-8(2)15-5-10(4-9(15)7-16)19(17,18)14(3)6-11(12)13/h4-5,8,11,16H,6-7H2,1-3H3. The maximum absolute atomic E-state index is 12.3. The predicted molar refractivity (Wildman–Crippen MR) is 66.6 cm³/mol. The summed E-state index contributed by atoms with van der Waals surface area (Å²) >= 11 is 0. The summed E-state index contributed by atoms with van der Waals surface area (Å²) in [6.45, 7) is 2.49. The first kappa shape index (κ1) is 16.1. The van der Waals surface area contributed by atoms with E-state index in [1.165, 1.54) is 12.3 Å². The van der Waals surface area contributed by atoms with Crippen LogP contribution in [0.1, 0.15) is 25.6 Å². The van der Waals surface area contributed by atoms with Crippen molar-refractivity contribution in [1.29, 1.82) is 0 Å². The molecule has 1 heterocycles. The summed E-state index contributed by atoms with van der Waals surface area (Å²) in [4.78, 5) is -0.0894. The minimum Gasteiger partial charge on any atom is -0.390 e. The maximum atomic E-state index is 12.3. The maximum Gasteiger partial charge on any atom is 0.252 e. The number of hydrogen-bond donors (Lipinski definition) is 1. The van der Waals surface area contributed by atoms with Gasteiger partial charge >= 0.3 is 0 Å². The fraction of sp³-hybridized carbons (Fsp3) is 0.636. The van der Waals surface area contributed by atoms with E-state index in [1.807, 2.05) is 13.8 Å². The van der Waals surface area contributed by atoms with Crippen LogP contribution in [0.5, 0.6) is 0 Å². The second kappa shape index (κ2) is 5.98. The molecule has 19 heavy (non-hydrogen) atoms. The molecular formula is C11H18F2N2O3S. The SMILES string of the molecule is CC(C)n1cc(S(=O)(=O)N(C)CC(F)F)cc1CO. The Morgan fingerprint density at radius 3 is 2.37 bits per heavy atom. The first-order chi connectivity index (χ1) is 8.70. The Balaban J connectivity index is 3.15. The molecule has 1 rings (SSSR count). The lowest BCUT2D eigenvalue weighted by Crippen LogP contribution is -2.31. The number of hydrogen-bond acceptors (Lipinski definition) is 3. The Morgan fingerprint density at radius 1 is 1.42 bits per heavy atom. The van der Waals surface area contributed by atoms with Crippen LogP contribution in [0.3, 0.4) is 0 Å². The summed E-state index contributed by atoms with van der Waals surface area (Å²) in [6, 6.07) is 1.27. The van der Waals surface area contributed by atoms with Crippen molar-refractivity contribution in [3.8, 4) is 0 Å². The molecule has 1 N–H and O–H groups in total. The quantitative estimate of drug-likeness (QED) is 0.864. The van der Waals surface area contributed by atoms with Crippen LogP contribution in [0.4, 0.5) is 8.78 Å². The summed E-state index contributed by atoms with van der Waals surface area (Å²) in [5.41, 5.74) is 0.430. The summed E-state index contributed by atoms with van der Waals surface area (Å²) in [5, 5.41) is 9.18. The van der Waals surface area contributed by atoms with E-state index in [-0.39, 0.29) is 17.5 Å². The summed E-state index contributed by atoms with van der Waals surface area (Å²) in [5.74, 6) is 0. The monoisotopic (exact) mass is 296 g/mol. The van der Waals surface area contributed by atoms with E-state index < -0.39 is 23.0 Å². The second-order valence-corrected chi connectivity index (χ2v) is 6.55. The number of sulfonamides is 1. The van der Waals surface area contributed by atoms with Gasteiger partial charge in [0.15, 0.2) is 0 Å². The smallest absolute Gasteiger partial charge is 0.252 e. The third-order valence-electron chi connectivity index (χ3n) is 2.73. The van der Waals surface area contributed by atoms with Crippen LogP contribution in [0.15, 0.2) is 17.2 Å². The molecule has 0 bridgehead atoms. The molecule has 0 aromatic carbocycles.